The van der Waals surface area contributed by atoms with Gasteiger partial charge in [0.2, 0.25) is 15.9 Å². The molecule has 9 nitrogen and oxygen atoms in total. The molecule has 1 amide bonds. The van der Waals surface area contributed by atoms with Crippen molar-refractivity contribution >= 4 is 15.9 Å². The highest BCUT2D eigenvalue weighted by molar-refractivity contribution is 7.89. The van der Waals surface area contributed by atoms with Crippen molar-refractivity contribution in [3.8, 4) is 17.2 Å². The highest BCUT2D eigenvalue weighted by Gasteiger charge is 2.45. The van der Waals surface area contributed by atoms with Crippen molar-refractivity contribution in [2.75, 3.05) is 27.8 Å². The van der Waals surface area contributed by atoms with Gasteiger partial charge in [0.05, 0.1) is 27.0 Å². The summed E-state index contributed by atoms with van der Waals surface area (Å²) in [4.78, 5) is 16.4. The summed E-state index contributed by atoms with van der Waals surface area (Å²) in [5.74, 6) is 0.625. The monoisotopic (exact) mass is 421 g/mol. The molecule has 0 aliphatic carbocycles. The average Bonchev–Trinajstić information content (AvgIpc) is 3.18. The Hall–Kier alpha value is -2.85. The summed E-state index contributed by atoms with van der Waals surface area (Å²) >= 11 is 0. The lowest BCUT2D eigenvalue weighted by molar-refractivity contribution is -0.123. The third-order valence-electron chi connectivity index (χ3n) is 4.66. The normalized spacial score (nSPS) is 19.6. The first kappa shape index (κ1) is 20.9. The Morgan fingerprint density at radius 3 is 2.62 bits per heavy atom. The largest absolute Gasteiger partial charge is 0.497 e. The molecule has 10 heteroatoms. The van der Waals surface area contributed by atoms with Crippen LogP contribution in [0.4, 0.5) is 0 Å². The number of aromatic nitrogens is 1. The van der Waals surface area contributed by atoms with E-state index in [2.05, 4.69) is 10.3 Å². The van der Waals surface area contributed by atoms with Crippen molar-refractivity contribution in [1.29, 1.82) is 0 Å². The third kappa shape index (κ3) is 4.28. The third-order valence-corrected chi connectivity index (χ3v) is 6.56. The highest BCUT2D eigenvalue weighted by atomic mass is 32.2. The maximum atomic E-state index is 13.5. The van der Waals surface area contributed by atoms with E-state index in [1.54, 1.807) is 24.4 Å². The molecule has 1 saturated heterocycles. The number of ether oxygens (including phenoxy) is 3. The molecular weight excluding hydrogens is 398 g/mol. The Balaban J connectivity index is 1.96. The molecule has 1 N–H and O–H groups in total. The van der Waals surface area contributed by atoms with Gasteiger partial charge in [-0.05, 0) is 24.3 Å². The van der Waals surface area contributed by atoms with Crippen LogP contribution in [-0.4, -0.2) is 63.6 Å². The summed E-state index contributed by atoms with van der Waals surface area (Å²) in [7, 11) is 0.223. The van der Waals surface area contributed by atoms with E-state index in [4.69, 9.17) is 14.2 Å². The summed E-state index contributed by atoms with van der Waals surface area (Å²) in [5, 5.41) is 2.53. The number of pyridine rings is 1. The van der Waals surface area contributed by atoms with Crippen molar-refractivity contribution in [1.82, 2.24) is 14.6 Å². The fourth-order valence-corrected chi connectivity index (χ4v) is 5.05. The van der Waals surface area contributed by atoms with Gasteiger partial charge >= 0.3 is 0 Å². The lowest BCUT2D eigenvalue weighted by Crippen LogP contribution is -2.44. The molecule has 2 aromatic rings. The highest BCUT2D eigenvalue weighted by Crippen LogP contribution is 2.35. The minimum atomic E-state index is -4.07. The summed E-state index contributed by atoms with van der Waals surface area (Å²) in [6, 6.07) is 7.03. The fourth-order valence-electron chi connectivity index (χ4n) is 3.25. The molecule has 1 fully saturated rings. The van der Waals surface area contributed by atoms with E-state index < -0.39 is 28.1 Å². The molecule has 29 heavy (non-hydrogen) atoms. The Bertz CT molecular complexity index is 967. The lowest BCUT2D eigenvalue weighted by Gasteiger charge is -2.23. The molecule has 2 heterocycles. The van der Waals surface area contributed by atoms with Gasteiger partial charge in [0.15, 0.2) is 0 Å². The minimum Gasteiger partial charge on any atom is -0.497 e. The molecule has 1 aromatic carbocycles. The fraction of sp³-hybridized carbons (Fsp3) is 0.368. The molecule has 1 aliphatic rings. The van der Waals surface area contributed by atoms with Gasteiger partial charge in [-0.25, -0.2) is 8.42 Å². The quantitative estimate of drug-likeness (QED) is 0.712. The Morgan fingerprint density at radius 2 is 2.00 bits per heavy atom. The van der Waals surface area contributed by atoms with Crippen LogP contribution in [0.2, 0.25) is 0 Å². The van der Waals surface area contributed by atoms with Gasteiger partial charge in [0.25, 0.3) is 0 Å². The van der Waals surface area contributed by atoms with Crippen LogP contribution in [0.5, 0.6) is 17.2 Å². The van der Waals surface area contributed by atoms with Gasteiger partial charge in [0.1, 0.15) is 34.3 Å². The predicted octanol–water partition coefficient (Wildman–Crippen LogP) is 1.06. The standard InChI is InChI=1S/C19H23N3O6S/c1-20-19(23)16-9-15(28-14-5-4-8-21-11-14)12-22(16)29(24,25)18-10-13(26-2)6-7-17(18)27-3/h4-8,10-11,15-16H,9,12H2,1-3H3,(H,20,23)/t15-,16-/m0/s1. The number of carbonyl (C=O) groups is 1. The SMILES string of the molecule is CNC(=O)[C@@H]1C[C@H](Oc2cccnc2)CN1S(=O)(=O)c1cc(OC)ccc1OC. The van der Waals surface area contributed by atoms with Crippen LogP contribution in [0.25, 0.3) is 0 Å². The van der Waals surface area contributed by atoms with E-state index in [1.165, 1.54) is 39.6 Å². The summed E-state index contributed by atoms with van der Waals surface area (Å²) in [6.07, 6.45) is 2.85. The zero-order valence-electron chi connectivity index (χ0n) is 16.4. The number of likely N-dealkylation sites (N-methyl/N-ethyl adjacent to an activating group) is 1. The first-order chi connectivity index (χ1) is 13.9. The van der Waals surface area contributed by atoms with Crippen LogP contribution in [0.3, 0.4) is 0 Å². The number of amides is 1. The second kappa shape index (κ2) is 8.66. The maximum Gasteiger partial charge on any atom is 0.247 e. The Morgan fingerprint density at radius 1 is 1.21 bits per heavy atom. The van der Waals surface area contributed by atoms with Crippen LogP contribution < -0.4 is 19.5 Å². The molecule has 0 radical (unpaired) electrons. The molecule has 156 valence electrons. The number of hydrogen-bond acceptors (Lipinski definition) is 7. The van der Waals surface area contributed by atoms with Gasteiger partial charge < -0.3 is 19.5 Å². The number of nitrogens with one attached hydrogen (secondary N) is 1. The Labute approximate surface area is 169 Å². The number of nitrogens with zero attached hydrogens (tertiary/aromatic N) is 2. The van der Waals surface area contributed by atoms with Crippen LogP contribution in [-0.2, 0) is 14.8 Å². The van der Waals surface area contributed by atoms with E-state index in [0.717, 1.165) is 4.31 Å². The van der Waals surface area contributed by atoms with Crippen molar-refractivity contribution < 1.29 is 27.4 Å². The number of carbonyl (C=O) groups excluding carboxylic acids is 1. The molecule has 0 bridgehead atoms. The first-order valence-corrected chi connectivity index (χ1v) is 10.4. The predicted molar refractivity (Wildman–Crippen MR) is 105 cm³/mol. The summed E-state index contributed by atoms with van der Waals surface area (Å²) in [6.45, 7) is 0.00960. The van der Waals surface area contributed by atoms with Crippen LogP contribution >= 0.6 is 0 Å². The van der Waals surface area contributed by atoms with Crippen molar-refractivity contribution in [3.05, 3.63) is 42.7 Å². The van der Waals surface area contributed by atoms with Gasteiger partial charge in [-0.15, -0.1) is 0 Å². The number of rotatable bonds is 7. The first-order valence-electron chi connectivity index (χ1n) is 8.93. The number of sulfonamides is 1. The second-order valence-electron chi connectivity index (χ2n) is 6.39. The van der Waals surface area contributed by atoms with E-state index in [0.29, 0.717) is 11.5 Å². The maximum absolute atomic E-state index is 13.5. The minimum absolute atomic E-state index is 0.00960. The Kier molecular flexibility index (Phi) is 6.23. The number of hydrogen-bond donors (Lipinski definition) is 1. The number of methoxy groups -OCH3 is 2. The molecule has 0 saturated carbocycles. The van der Waals surface area contributed by atoms with E-state index in [9.17, 15) is 13.2 Å². The molecule has 3 rings (SSSR count). The molecule has 2 atom stereocenters. The van der Waals surface area contributed by atoms with Gasteiger partial charge in [-0.3, -0.25) is 9.78 Å². The van der Waals surface area contributed by atoms with Crippen LogP contribution in [0.1, 0.15) is 6.42 Å². The lowest BCUT2D eigenvalue weighted by atomic mass is 10.2. The van der Waals surface area contributed by atoms with Crippen molar-refractivity contribution in [2.45, 2.75) is 23.5 Å². The molecule has 0 unspecified atom stereocenters. The molecule has 0 spiro atoms. The zero-order chi connectivity index (χ0) is 21.0. The van der Waals surface area contributed by atoms with Crippen LogP contribution in [0, 0.1) is 0 Å². The molecular formula is C19H23N3O6S. The topological polar surface area (TPSA) is 107 Å². The second-order valence-corrected chi connectivity index (χ2v) is 8.24. The summed E-state index contributed by atoms with van der Waals surface area (Å²) in [5.41, 5.74) is 0. The van der Waals surface area contributed by atoms with Crippen molar-refractivity contribution in [2.24, 2.45) is 0 Å². The number of benzene rings is 1. The van der Waals surface area contributed by atoms with Gasteiger partial charge in [0, 0.05) is 25.7 Å². The van der Waals surface area contributed by atoms with E-state index in [1.807, 2.05) is 0 Å². The molecule has 1 aromatic heterocycles. The average molecular weight is 421 g/mol. The molecule has 1 aliphatic heterocycles. The van der Waals surface area contributed by atoms with Crippen LogP contribution in [0.15, 0.2) is 47.6 Å². The zero-order valence-corrected chi connectivity index (χ0v) is 17.2. The van der Waals surface area contributed by atoms with Gasteiger partial charge in [-0.2, -0.15) is 4.31 Å². The van der Waals surface area contributed by atoms with Crippen molar-refractivity contribution in [3.63, 3.8) is 0 Å². The smallest absolute Gasteiger partial charge is 0.247 e. The van der Waals surface area contributed by atoms with E-state index >= 15 is 0 Å². The van der Waals surface area contributed by atoms with Gasteiger partial charge in [-0.1, -0.05) is 0 Å². The van der Waals surface area contributed by atoms with E-state index in [-0.39, 0.29) is 23.6 Å². The summed E-state index contributed by atoms with van der Waals surface area (Å²) < 4.78 is 44.3.